The molecule has 4 aromatic rings. The Morgan fingerprint density at radius 1 is 0.488 bits per heavy atom. The van der Waals surface area contributed by atoms with Crippen molar-refractivity contribution in [2.45, 2.75) is 31.6 Å². The largest absolute Gasteiger partial charge is 0.471 e. The van der Waals surface area contributed by atoms with Crippen LogP contribution in [0.2, 0.25) is 0 Å². The summed E-state index contributed by atoms with van der Waals surface area (Å²) in [7, 11) is 0. The van der Waals surface area contributed by atoms with Crippen molar-refractivity contribution in [3.8, 4) is 23.0 Å². The highest BCUT2D eigenvalue weighted by Crippen LogP contribution is 2.35. The fourth-order valence-corrected chi connectivity index (χ4v) is 3.93. The van der Waals surface area contributed by atoms with E-state index in [9.17, 15) is 35.9 Å². The Hall–Kier alpha value is -5.00. The number of amides is 2. The average Bonchev–Trinajstić information content (AvgIpc) is 2.95. The van der Waals surface area contributed by atoms with Gasteiger partial charge in [-0.15, -0.1) is 0 Å². The number of rotatable bonds is 8. The molecule has 4 aromatic carbocycles. The van der Waals surface area contributed by atoms with Crippen LogP contribution in [0.25, 0.3) is 0 Å². The van der Waals surface area contributed by atoms with Crippen LogP contribution in [-0.2, 0) is 15.0 Å². The normalized spacial score (nSPS) is 11.9. The van der Waals surface area contributed by atoms with Crippen LogP contribution in [-0.4, -0.2) is 24.2 Å². The maximum Gasteiger partial charge on any atom is 0.471 e. The Morgan fingerprint density at radius 3 is 1.00 bits per heavy atom. The van der Waals surface area contributed by atoms with Gasteiger partial charge in [-0.05, 0) is 83.9 Å². The third-order valence-electron chi connectivity index (χ3n) is 6.36. The van der Waals surface area contributed by atoms with Gasteiger partial charge >= 0.3 is 24.2 Å². The van der Waals surface area contributed by atoms with E-state index >= 15 is 0 Å². The molecule has 0 aliphatic rings. The molecule has 0 bridgehead atoms. The van der Waals surface area contributed by atoms with Crippen molar-refractivity contribution in [2.75, 3.05) is 10.6 Å². The number of anilines is 2. The van der Waals surface area contributed by atoms with Crippen molar-refractivity contribution in [1.29, 1.82) is 0 Å². The van der Waals surface area contributed by atoms with Crippen LogP contribution >= 0.6 is 0 Å². The minimum atomic E-state index is -4.98. The molecule has 0 aromatic heterocycles. The van der Waals surface area contributed by atoms with Gasteiger partial charge in [0, 0.05) is 16.8 Å². The molecular formula is C31H24F6N2O4. The number of carbonyl (C=O) groups is 2. The second kappa shape index (κ2) is 12.1. The highest BCUT2D eigenvalue weighted by Gasteiger charge is 2.39. The number of alkyl halides is 6. The number of hydrogen-bond donors (Lipinski definition) is 2. The number of benzene rings is 4. The predicted molar refractivity (Wildman–Crippen MR) is 147 cm³/mol. The van der Waals surface area contributed by atoms with Gasteiger partial charge in [0.2, 0.25) is 0 Å². The maximum absolute atomic E-state index is 12.4. The van der Waals surface area contributed by atoms with Crippen molar-refractivity contribution >= 4 is 23.2 Å². The monoisotopic (exact) mass is 602 g/mol. The van der Waals surface area contributed by atoms with E-state index in [0.29, 0.717) is 23.0 Å². The van der Waals surface area contributed by atoms with Crippen LogP contribution in [0.1, 0.15) is 25.0 Å². The quantitative estimate of drug-likeness (QED) is 0.198. The first-order valence-electron chi connectivity index (χ1n) is 12.6. The average molecular weight is 603 g/mol. The number of hydrogen-bond acceptors (Lipinski definition) is 4. The summed E-state index contributed by atoms with van der Waals surface area (Å²) >= 11 is 0. The second-order valence-electron chi connectivity index (χ2n) is 9.83. The molecule has 43 heavy (non-hydrogen) atoms. The van der Waals surface area contributed by atoms with E-state index in [2.05, 4.69) is 0 Å². The van der Waals surface area contributed by atoms with Gasteiger partial charge in [-0.3, -0.25) is 9.59 Å². The van der Waals surface area contributed by atoms with E-state index in [4.69, 9.17) is 9.47 Å². The molecular weight excluding hydrogens is 578 g/mol. The van der Waals surface area contributed by atoms with E-state index in [-0.39, 0.29) is 11.4 Å². The molecule has 0 atom stereocenters. The van der Waals surface area contributed by atoms with Gasteiger partial charge in [0.1, 0.15) is 23.0 Å². The summed E-state index contributed by atoms with van der Waals surface area (Å²) in [5.74, 6) is -2.38. The van der Waals surface area contributed by atoms with Crippen molar-refractivity contribution in [3.05, 3.63) is 108 Å². The molecule has 0 radical (unpaired) electrons. The lowest BCUT2D eigenvalue weighted by molar-refractivity contribution is -0.167. The Balaban J connectivity index is 1.36. The lowest BCUT2D eigenvalue weighted by Crippen LogP contribution is -2.29. The molecule has 0 aliphatic carbocycles. The summed E-state index contributed by atoms with van der Waals surface area (Å²) in [6, 6.07) is 25.5. The van der Waals surface area contributed by atoms with Gasteiger partial charge in [0.15, 0.2) is 0 Å². The van der Waals surface area contributed by atoms with E-state index in [0.717, 1.165) is 11.1 Å². The molecule has 0 unspecified atom stereocenters. The van der Waals surface area contributed by atoms with Crippen molar-refractivity contribution in [3.63, 3.8) is 0 Å². The molecule has 12 heteroatoms. The van der Waals surface area contributed by atoms with Crippen LogP contribution in [0.4, 0.5) is 37.7 Å². The molecule has 224 valence electrons. The molecule has 0 heterocycles. The van der Waals surface area contributed by atoms with Crippen molar-refractivity contribution < 1.29 is 45.4 Å². The third kappa shape index (κ3) is 8.06. The Morgan fingerprint density at radius 2 is 0.744 bits per heavy atom. The van der Waals surface area contributed by atoms with Crippen LogP contribution in [0.5, 0.6) is 23.0 Å². The van der Waals surface area contributed by atoms with E-state index in [1.165, 1.54) is 48.5 Å². The van der Waals surface area contributed by atoms with Gasteiger partial charge in [-0.1, -0.05) is 38.1 Å². The van der Waals surface area contributed by atoms with Crippen LogP contribution in [0, 0.1) is 0 Å². The van der Waals surface area contributed by atoms with Crippen molar-refractivity contribution in [1.82, 2.24) is 0 Å². The first-order valence-corrected chi connectivity index (χ1v) is 12.6. The topological polar surface area (TPSA) is 76.7 Å². The number of nitrogens with one attached hydrogen (secondary N) is 2. The molecule has 2 amide bonds. The molecule has 0 saturated heterocycles. The van der Waals surface area contributed by atoms with Crippen molar-refractivity contribution in [2.24, 2.45) is 0 Å². The highest BCUT2D eigenvalue weighted by molar-refractivity contribution is 5.95. The lowest BCUT2D eigenvalue weighted by Gasteiger charge is -2.26. The van der Waals surface area contributed by atoms with Gasteiger partial charge in [-0.25, -0.2) is 0 Å². The van der Waals surface area contributed by atoms with Gasteiger partial charge in [0.25, 0.3) is 0 Å². The second-order valence-corrected chi connectivity index (χ2v) is 9.83. The molecule has 2 N–H and O–H groups in total. The Kier molecular flexibility index (Phi) is 8.70. The maximum atomic E-state index is 12.4. The fraction of sp³-hybridized carbons (Fsp3) is 0.161. The zero-order valence-electron chi connectivity index (χ0n) is 22.6. The SMILES string of the molecule is CC(C)(c1ccc(Oc2ccc(NC(=O)C(F)(F)F)cc2)cc1)c1ccc(Oc2ccc(NC(=O)C(F)(F)F)cc2)cc1. The van der Waals surface area contributed by atoms with Crippen LogP contribution in [0.3, 0.4) is 0 Å². The summed E-state index contributed by atoms with van der Waals surface area (Å²) in [5, 5.41) is 3.54. The lowest BCUT2D eigenvalue weighted by atomic mass is 9.78. The van der Waals surface area contributed by atoms with E-state index < -0.39 is 29.6 Å². The summed E-state index contributed by atoms with van der Waals surface area (Å²) in [6.45, 7) is 4.06. The molecule has 0 spiro atoms. The number of ether oxygens (including phenoxy) is 2. The third-order valence-corrected chi connectivity index (χ3v) is 6.36. The molecule has 0 fully saturated rings. The first kappa shape index (κ1) is 30.9. The van der Waals surface area contributed by atoms with Crippen LogP contribution < -0.4 is 20.1 Å². The summed E-state index contributed by atoms with van der Waals surface area (Å²) < 4.78 is 86.0. The Labute approximate surface area is 242 Å². The van der Waals surface area contributed by atoms with Crippen LogP contribution in [0.15, 0.2) is 97.1 Å². The molecule has 0 aliphatic heterocycles. The molecule has 6 nitrogen and oxygen atoms in total. The van der Waals surface area contributed by atoms with Gasteiger partial charge in [0.05, 0.1) is 0 Å². The standard InChI is InChI=1S/C31H24F6N2O4/c1-29(2,19-3-11-23(12-4-19)42-25-15-7-21(8-16-25)38-27(40)30(32,33)34)20-5-13-24(14-6-20)43-26-17-9-22(10-18-26)39-28(41)31(35,36)37/h3-18H,1-2H3,(H,38,40)(H,39,41). The highest BCUT2D eigenvalue weighted by atomic mass is 19.4. The van der Waals surface area contributed by atoms with E-state index in [1.807, 2.05) is 38.1 Å². The molecule has 4 rings (SSSR count). The number of carbonyl (C=O) groups excluding carboxylic acids is 2. The smallest absolute Gasteiger partial charge is 0.457 e. The minimum Gasteiger partial charge on any atom is -0.457 e. The summed E-state index contributed by atoms with van der Waals surface area (Å²) in [5.41, 5.74) is 1.48. The minimum absolute atomic E-state index is 0.0176. The van der Waals surface area contributed by atoms with Gasteiger partial charge < -0.3 is 20.1 Å². The predicted octanol–water partition coefficient (Wildman–Crippen LogP) is 8.60. The van der Waals surface area contributed by atoms with Gasteiger partial charge in [-0.2, -0.15) is 26.3 Å². The zero-order valence-corrected chi connectivity index (χ0v) is 22.6. The zero-order chi connectivity index (χ0) is 31.4. The number of halogens is 6. The summed E-state index contributed by atoms with van der Waals surface area (Å²) in [4.78, 5) is 22.1. The summed E-state index contributed by atoms with van der Waals surface area (Å²) in [6.07, 6.45) is -9.97. The van der Waals surface area contributed by atoms with E-state index in [1.54, 1.807) is 34.9 Å². The molecule has 0 saturated carbocycles. The first-order chi connectivity index (χ1) is 20.1. The fourth-order valence-electron chi connectivity index (χ4n) is 3.93. The Bertz CT molecular complexity index is 1450.